The predicted octanol–water partition coefficient (Wildman–Crippen LogP) is 4.42. The molecule has 2 aromatic rings. The fourth-order valence-electron chi connectivity index (χ4n) is 2.35. The molecule has 0 saturated heterocycles. The van der Waals surface area contributed by atoms with Crippen LogP contribution in [-0.4, -0.2) is 15.3 Å². The van der Waals surface area contributed by atoms with Crippen molar-refractivity contribution in [3.63, 3.8) is 0 Å². The number of hydrogen-bond acceptors (Lipinski definition) is 4. The van der Waals surface area contributed by atoms with Crippen molar-refractivity contribution >= 4 is 0 Å². The van der Waals surface area contributed by atoms with Gasteiger partial charge in [0.15, 0.2) is 11.5 Å². The highest BCUT2D eigenvalue weighted by Gasteiger charge is 2.26. The summed E-state index contributed by atoms with van der Waals surface area (Å²) in [4.78, 5) is 0. The van der Waals surface area contributed by atoms with Crippen molar-refractivity contribution in [3.05, 3.63) is 47.5 Å². The molecule has 0 spiro atoms. The van der Waals surface area contributed by atoms with Crippen molar-refractivity contribution in [2.24, 2.45) is 0 Å². The second-order valence-corrected chi connectivity index (χ2v) is 7.28. The predicted molar refractivity (Wildman–Crippen MR) is 90.2 cm³/mol. The molecule has 3 N–H and O–H groups in total. The summed E-state index contributed by atoms with van der Waals surface area (Å²) in [5.74, 6) is 0.341. The minimum atomic E-state index is -0.836. The monoisotopic (exact) mass is 316 g/mol. The highest BCUT2D eigenvalue weighted by molar-refractivity contribution is 5.45. The smallest absolute Gasteiger partial charge is 0.162 e. The van der Waals surface area contributed by atoms with Crippen LogP contribution >= 0.6 is 0 Å². The van der Waals surface area contributed by atoms with Crippen molar-refractivity contribution in [2.45, 2.75) is 45.6 Å². The van der Waals surface area contributed by atoms with E-state index in [9.17, 15) is 15.3 Å². The van der Waals surface area contributed by atoms with Crippen LogP contribution in [0.4, 0.5) is 0 Å². The summed E-state index contributed by atoms with van der Waals surface area (Å²) in [5.41, 5.74) is 0.712. The Labute approximate surface area is 137 Å². The quantitative estimate of drug-likeness (QED) is 0.784. The van der Waals surface area contributed by atoms with Crippen molar-refractivity contribution in [2.75, 3.05) is 0 Å². The second kappa shape index (κ2) is 5.69. The molecule has 0 radical (unpaired) electrons. The fourth-order valence-corrected chi connectivity index (χ4v) is 2.35. The fraction of sp³-hybridized carbons (Fsp3) is 0.368. The van der Waals surface area contributed by atoms with Crippen molar-refractivity contribution in [1.29, 1.82) is 0 Å². The highest BCUT2D eigenvalue weighted by atomic mass is 16.5. The van der Waals surface area contributed by atoms with Gasteiger partial charge in [-0.25, -0.2) is 0 Å². The van der Waals surface area contributed by atoms with Crippen LogP contribution in [0.5, 0.6) is 23.0 Å². The summed E-state index contributed by atoms with van der Waals surface area (Å²) in [6.07, 6.45) is 0. The summed E-state index contributed by atoms with van der Waals surface area (Å²) < 4.78 is 5.92. The molecule has 4 nitrogen and oxygen atoms in total. The lowest BCUT2D eigenvalue weighted by Crippen LogP contribution is -2.25. The average Bonchev–Trinajstić information content (AvgIpc) is 2.38. The molecule has 0 fully saturated rings. The molecule has 0 aliphatic heterocycles. The zero-order valence-corrected chi connectivity index (χ0v) is 14.2. The van der Waals surface area contributed by atoms with Gasteiger partial charge in [-0.1, -0.05) is 26.8 Å². The van der Waals surface area contributed by atoms with Gasteiger partial charge in [0.25, 0.3) is 0 Å². The van der Waals surface area contributed by atoms with Gasteiger partial charge in [-0.15, -0.1) is 0 Å². The van der Waals surface area contributed by atoms with Gasteiger partial charge in [-0.05, 0) is 49.1 Å². The molecule has 124 valence electrons. The largest absolute Gasteiger partial charge is 0.508 e. The zero-order valence-electron chi connectivity index (χ0n) is 14.2. The number of ether oxygens (including phenoxy) is 1. The molecule has 23 heavy (non-hydrogen) atoms. The number of aromatic hydroxyl groups is 3. The first-order valence-corrected chi connectivity index (χ1v) is 7.55. The Kier molecular flexibility index (Phi) is 4.20. The van der Waals surface area contributed by atoms with Crippen LogP contribution in [0.25, 0.3) is 0 Å². The van der Waals surface area contributed by atoms with Crippen LogP contribution < -0.4 is 4.74 Å². The Morgan fingerprint density at radius 1 is 0.739 bits per heavy atom. The van der Waals surface area contributed by atoms with Gasteiger partial charge in [-0.3, -0.25) is 0 Å². The van der Waals surface area contributed by atoms with E-state index in [1.807, 2.05) is 6.07 Å². The number of rotatable bonds is 3. The van der Waals surface area contributed by atoms with Crippen molar-refractivity contribution in [3.8, 4) is 23.0 Å². The van der Waals surface area contributed by atoms with E-state index in [1.165, 1.54) is 18.2 Å². The van der Waals surface area contributed by atoms with Gasteiger partial charge >= 0.3 is 0 Å². The number of hydrogen-bond donors (Lipinski definition) is 3. The van der Waals surface area contributed by atoms with Gasteiger partial charge in [0.05, 0.1) is 0 Å². The summed E-state index contributed by atoms with van der Waals surface area (Å²) >= 11 is 0. The standard InChI is InChI=1S/C19H24O4/c1-18(2,3)12-6-7-17(16(22)10-12)23-19(4,5)13-8-14(20)11-15(21)9-13/h6-11,20-22H,1-5H3. The highest BCUT2D eigenvalue weighted by Crippen LogP contribution is 2.38. The minimum absolute atomic E-state index is 0.0380. The molecule has 0 aromatic heterocycles. The first-order chi connectivity index (χ1) is 10.5. The van der Waals surface area contributed by atoms with Crippen LogP contribution in [0.15, 0.2) is 36.4 Å². The lowest BCUT2D eigenvalue weighted by atomic mass is 9.87. The third-order valence-electron chi connectivity index (χ3n) is 3.79. The van der Waals surface area contributed by atoms with Gasteiger partial charge in [0, 0.05) is 11.6 Å². The minimum Gasteiger partial charge on any atom is -0.508 e. The number of phenolic OH excluding ortho intramolecular Hbond substituents is 3. The molecule has 0 unspecified atom stereocenters. The Morgan fingerprint density at radius 3 is 1.78 bits per heavy atom. The van der Waals surface area contributed by atoms with Crippen LogP contribution in [-0.2, 0) is 11.0 Å². The van der Waals surface area contributed by atoms with E-state index in [2.05, 4.69) is 20.8 Å². The first kappa shape index (κ1) is 17.0. The normalized spacial score (nSPS) is 12.2. The van der Waals surface area contributed by atoms with E-state index in [4.69, 9.17) is 4.74 Å². The first-order valence-electron chi connectivity index (χ1n) is 7.55. The Balaban J connectivity index is 2.33. The van der Waals surface area contributed by atoms with Crippen LogP contribution in [0.2, 0.25) is 0 Å². The molecular formula is C19H24O4. The van der Waals surface area contributed by atoms with Gasteiger partial charge in [0.1, 0.15) is 17.1 Å². The molecule has 0 atom stereocenters. The van der Waals surface area contributed by atoms with E-state index in [-0.39, 0.29) is 22.7 Å². The molecule has 2 rings (SSSR count). The zero-order chi connectivity index (χ0) is 17.4. The Morgan fingerprint density at radius 2 is 1.30 bits per heavy atom. The van der Waals surface area contributed by atoms with Gasteiger partial charge in [0.2, 0.25) is 0 Å². The molecule has 0 heterocycles. The van der Waals surface area contributed by atoms with Crippen LogP contribution in [0.1, 0.15) is 45.7 Å². The Hall–Kier alpha value is -2.36. The topological polar surface area (TPSA) is 69.9 Å². The SMILES string of the molecule is CC(C)(C)c1ccc(OC(C)(C)c2cc(O)cc(O)c2)c(O)c1. The molecule has 2 aromatic carbocycles. The third kappa shape index (κ3) is 3.89. The molecule has 0 bridgehead atoms. The number of benzene rings is 2. The van der Waals surface area contributed by atoms with Crippen LogP contribution in [0.3, 0.4) is 0 Å². The van der Waals surface area contributed by atoms with E-state index < -0.39 is 5.60 Å². The molecular weight excluding hydrogens is 292 g/mol. The summed E-state index contributed by atoms with van der Waals surface area (Å²) in [7, 11) is 0. The third-order valence-corrected chi connectivity index (χ3v) is 3.79. The molecule has 4 heteroatoms. The van der Waals surface area contributed by atoms with E-state index in [0.717, 1.165) is 5.56 Å². The lowest BCUT2D eigenvalue weighted by Gasteiger charge is -2.28. The van der Waals surface area contributed by atoms with Crippen molar-refractivity contribution < 1.29 is 20.1 Å². The van der Waals surface area contributed by atoms with Crippen LogP contribution in [0, 0.1) is 0 Å². The summed E-state index contributed by atoms with van der Waals surface area (Å²) in [6, 6.07) is 9.67. The molecule has 0 amide bonds. The van der Waals surface area contributed by atoms with Crippen molar-refractivity contribution in [1.82, 2.24) is 0 Å². The Bertz CT molecular complexity index is 692. The maximum atomic E-state index is 10.3. The van der Waals surface area contributed by atoms with E-state index >= 15 is 0 Å². The summed E-state index contributed by atoms with van der Waals surface area (Å²) in [5, 5.41) is 29.5. The maximum absolute atomic E-state index is 10.3. The summed E-state index contributed by atoms with van der Waals surface area (Å²) in [6.45, 7) is 9.82. The molecule has 0 saturated carbocycles. The molecule has 0 aliphatic carbocycles. The second-order valence-electron chi connectivity index (χ2n) is 7.28. The number of phenols is 3. The average molecular weight is 316 g/mol. The van der Waals surface area contributed by atoms with Gasteiger partial charge < -0.3 is 20.1 Å². The maximum Gasteiger partial charge on any atom is 0.162 e. The lowest BCUT2D eigenvalue weighted by molar-refractivity contribution is 0.103. The van der Waals surface area contributed by atoms with E-state index in [0.29, 0.717) is 11.3 Å². The van der Waals surface area contributed by atoms with Gasteiger partial charge in [-0.2, -0.15) is 0 Å². The molecule has 0 aliphatic rings. The van der Waals surface area contributed by atoms with E-state index in [1.54, 1.807) is 26.0 Å².